The van der Waals surface area contributed by atoms with Gasteiger partial charge in [-0.1, -0.05) is 30.9 Å². The molecule has 0 bridgehead atoms. The van der Waals surface area contributed by atoms with E-state index in [1.165, 1.54) is 30.4 Å². The van der Waals surface area contributed by atoms with E-state index in [-0.39, 0.29) is 17.7 Å². The molecule has 1 aromatic carbocycles. The lowest BCUT2D eigenvalue weighted by molar-refractivity contribution is -0.126. The lowest BCUT2D eigenvalue weighted by atomic mass is 10.1. The first-order valence-corrected chi connectivity index (χ1v) is 6.46. The number of nitrogens with one attached hydrogen (secondary N) is 2. The molecule has 0 atom stereocenters. The highest BCUT2D eigenvalue weighted by Crippen LogP contribution is 2.11. The summed E-state index contributed by atoms with van der Waals surface area (Å²) in [6.07, 6.45) is 4.02. The van der Waals surface area contributed by atoms with E-state index < -0.39 is 17.6 Å². The molecule has 0 aliphatic heterocycles. The lowest BCUT2D eigenvalue weighted by Crippen LogP contribution is -2.43. The standard InChI is InChI=1S/C16H17FN2O3/c1-3-4-8-14(11(2)17)16(22)19-18-15(21)10-12-6-5-7-13(20)9-12/h3-9,20H,1,10H2,2H3,(H,18,21)(H,19,22)/b8-4-,14-11-. The minimum atomic E-state index is -0.776. The van der Waals surface area contributed by atoms with Crippen LogP contribution in [0.25, 0.3) is 0 Å². The van der Waals surface area contributed by atoms with Crippen molar-refractivity contribution in [2.75, 3.05) is 0 Å². The van der Waals surface area contributed by atoms with Gasteiger partial charge in [0.05, 0.1) is 12.0 Å². The third kappa shape index (κ3) is 5.62. The van der Waals surface area contributed by atoms with E-state index in [2.05, 4.69) is 17.4 Å². The van der Waals surface area contributed by atoms with E-state index >= 15 is 0 Å². The van der Waals surface area contributed by atoms with Crippen LogP contribution in [0.15, 0.2) is 60.5 Å². The highest BCUT2D eigenvalue weighted by Gasteiger charge is 2.11. The van der Waals surface area contributed by atoms with Crippen molar-refractivity contribution in [3.05, 3.63) is 66.0 Å². The van der Waals surface area contributed by atoms with Gasteiger partial charge in [-0.05, 0) is 30.7 Å². The van der Waals surface area contributed by atoms with Gasteiger partial charge in [-0.2, -0.15) is 0 Å². The fourth-order valence-electron chi connectivity index (χ4n) is 1.60. The van der Waals surface area contributed by atoms with Crippen LogP contribution in [0.2, 0.25) is 0 Å². The molecule has 1 aromatic rings. The fourth-order valence-corrected chi connectivity index (χ4v) is 1.60. The molecule has 22 heavy (non-hydrogen) atoms. The molecule has 6 heteroatoms. The maximum Gasteiger partial charge on any atom is 0.272 e. The maximum atomic E-state index is 13.2. The zero-order valence-electron chi connectivity index (χ0n) is 12.1. The Hall–Kier alpha value is -2.89. The number of carbonyl (C=O) groups is 2. The normalized spacial score (nSPS) is 11.7. The molecule has 116 valence electrons. The second-order valence-corrected chi connectivity index (χ2v) is 4.39. The number of hydrazine groups is 1. The highest BCUT2D eigenvalue weighted by atomic mass is 19.1. The fraction of sp³-hybridized carbons (Fsp3) is 0.125. The molecule has 0 radical (unpaired) electrons. The van der Waals surface area contributed by atoms with Crippen LogP contribution in [0.1, 0.15) is 12.5 Å². The monoisotopic (exact) mass is 304 g/mol. The number of allylic oxidation sites excluding steroid dienone is 3. The zero-order valence-corrected chi connectivity index (χ0v) is 12.1. The first kappa shape index (κ1) is 17.2. The second kappa shape index (κ2) is 8.41. The van der Waals surface area contributed by atoms with Gasteiger partial charge in [0.15, 0.2) is 0 Å². The zero-order chi connectivity index (χ0) is 16.5. The van der Waals surface area contributed by atoms with Crippen molar-refractivity contribution < 1.29 is 19.1 Å². The Bertz CT molecular complexity index is 632. The number of amides is 2. The first-order chi connectivity index (χ1) is 10.4. The maximum absolute atomic E-state index is 13.2. The molecule has 0 spiro atoms. The number of carbonyl (C=O) groups excluding carboxylic acids is 2. The van der Waals surface area contributed by atoms with E-state index in [0.717, 1.165) is 6.92 Å². The molecule has 0 saturated carbocycles. The van der Waals surface area contributed by atoms with Crippen molar-refractivity contribution in [1.82, 2.24) is 10.9 Å². The Balaban J connectivity index is 2.59. The molecule has 0 aromatic heterocycles. The summed E-state index contributed by atoms with van der Waals surface area (Å²) in [7, 11) is 0. The van der Waals surface area contributed by atoms with Crippen molar-refractivity contribution in [1.29, 1.82) is 0 Å². The molecular weight excluding hydrogens is 287 g/mol. The van der Waals surface area contributed by atoms with Crippen LogP contribution in [-0.2, 0) is 16.0 Å². The molecule has 0 aliphatic rings. The minimum absolute atomic E-state index is 0.0369. The number of hydrogen-bond donors (Lipinski definition) is 3. The van der Waals surface area contributed by atoms with Gasteiger partial charge in [0.1, 0.15) is 11.6 Å². The minimum Gasteiger partial charge on any atom is -0.508 e. The summed E-state index contributed by atoms with van der Waals surface area (Å²) in [5.41, 5.74) is 4.67. The number of aromatic hydroxyl groups is 1. The van der Waals surface area contributed by atoms with Crippen molar-refractivity contribution in [3.63, 3.8) is 0 Å². The van der Waals surface area contributed by atoms with Crippen LogP contribution in [0.3, 0.4) is 0 Å². The van der Waals surface area contributed by atoms with Gasteiger partial charge < -0.3 is 5.11 Å². The van der Waals surface area contributed by atoms with Crippen molar-refractivity contribution in [2.45, 2.75) is 13.3 Å². The van der Waals surface area contributed by atoms with Crippen molar-refractivity contribution in [2.24, 2.45) is 0 Å². The topological polar surface area (TPSA) is 78.4 Å². The molecule has 3 N–H and O–H groups in total. The molecule has 5 nitrogen and oxygen atoms in total. The van der Waals surface area contributed by atoms with Gasteiger partial charge in [-0.15, -0.1) is 0 Å². The largest absolute Gasteiger partial charge is 0.508 e. The Labute approximate surface area is 127 Å². The summed E-state index contributed by atoms with van der Waals surface area (Å²) in [5.74, 6) is -1.91. The summed E-state index contributed by atoms with van der Waals surface area (Å²) >= 11 is 0. The molecule has 0 fully saturated rings. The van der Waals surface area contributed by atoms with Crippen LogP contribution >= 0.6 is 0 Å². The predicted octanol–water partition coefficient (Wildman–Crippen LogP) is 2.07. The van der Waals surface area contributed by atoms with Crippen LogP contribution < -0.4 is 10.9 Å². The second-order valence-electron chi connectivity index (χ2n) is 4.39. The van der Waals surface area contributed by atoms with Gasteiger partial charge in [0, 0.05) is 0 Å². The van der Waals surface area contributed by atoms with Crippen molar-refractivity contribution in [3.8, 4) is 5.75 Å². The van der Waals surface area contributed by atoms with E-state index in [9.17, 15) is 19.1 Å². The predicted molar refractivity (Wildman–Crippen MR) is 81.2 cm³/mol. The van der Waals surface area contributed by atoms with Gasteiger partial charge >= 0.3 is 0 Å². The number of benzene rings is 1. The van der Waals surface area contributed by atoms with Gasteiger partial charge in [0.25, 0.3) is 5.91 Å². The number of phenolic OH excluding ortho intramolecular Hbond substituents is 1. The van der Waals surface area contributed by atoms with Crippen molar-refractivity contribution >= 4 is 11.8 Å². The number of rotatable bonds is 5. The summed E-state index contributed by atoms with van der Waals surface area (Å²) in [6.45, 7) is 4.56. The van der Waals surface area contributed by atoms with Crippen LogP contribution in [0.4, 0.5) is 4.39 Å². The van der Waals surface area contributed by atoms with E-state index in [1.807, 2.05) is 0 Å². The summed E-state index contributed by atoms with van der Waals surface area (Å²) in [5, 5.41) is 9.30. The highest BCUT2D eigenvalue weighted by molar-refractivity contribution is 5.97. The van der Waals surface area contributed by atoms with Crippen LogP contribution in [0, 0.1) is 0 Å². The van der Waals surface area contributed by atoms with Crippen LogP contribution in [0.5, 0.6) is 5.75 Å². The van der Waals surface area contributed by atoms with E-state index in [1.54, 1.807) is 12.1 Å². The third-order valence-corrected chi connectivity index (χ3v) is 2.61. The number of phenols is 1. The first-order valence-electron chi connectivity index (χ1n) is 6.46. The van der Waals surface area contributed by atoms with Gasteiger partial charge in [0.2, 0.25) is 5.91 Å². The molecule has 0 heterocycles. The number of hydrogen-bond acceptors (Lipinski definition) is 3. The third-order valence-electron chi connectivity index (χ3n) is 2.61. The molecule has 0 unspecified atom stereocenters. The molecule has 2 amide bonds. The molecule has 0 aliphatic carbocycles. The number of halogens is 1. The Morgan fingerprint density at radius 1 is 1.36 bits per heavy atom. The summed E-state index contributed by atoms with van der Waals surface area (Å²) < 4.78 is 13.2. The molecule has 0 saturated heterocycles. The lowest BCUT2D eigenvalue weighted by Gasteiger charge is -2.08. The summed E-state index contributed by atoms with van der Waals surface area (Å²) in [6, 6.07) is 6.18. The Morgan fingerprint density at radius 2 is 2.09 bits per heavy atom. The van der Waals surface area contributed by atoms with E-state index in [4.69, 9.17) is 0 Å². The van der Waals surface area contributed by atoms with E-state index in [0.29, 0.717) is 5.56 Å². The Morgan fingerprint density at radius 3 is 2.68 bits per heavy atom. The molecular formula is C16H17FN2O3. The molecule has 1 rings (SSSR count). The average molecular weight is 304 g/mol. The van der Waals surface area contributed by atoms with Crippen LogP contribution in [-0.4, -0.2) is 16.9 Å². The Kier molecular flexibility index (Phi) is 6.56. The smallest absolute Gasteiger partial charge is 0.272 e. The van der Waals surface area contributed by atoms with Gasteiger partial charge in [-0.3, -0.25) is 20.4 Å². The quantitative estimate of drug-likeness (QED) is 0.443. The SMILES string of the molecule is C=C/C=C\C(C(=O)NNC(=O)Cc1cccc(O)c1)=C(/C)F. The summed E-state index contributed by atoms with van der Waals surface area (Å²) in [4.78, 5) is 23.4. The van der Waals surface area contributed by atoms with Gasteiger partial charge in [-0.25, -0.2) is 4.39 Å². The average Bonchev–Trinajstić information content (AvgIpc) is 2.45.